The van der Waals surface area contributed by atoms with Gasteiger partial charge in [-0.15, -0.1) is 0 Å². The molecule has 1 fully saturated rings. The zero-order valence-corrected chi connectivity index (χ0v) is 14.8. The number of ether oxygens (including phenoxy) is 2. The number of likely N-dealkylation sites (tertiary alicyclic amines) is 1. The summed E-state index contributed by atoms with van der Waals surface area (Å²) in [6.07, 6.45) is 1.16. The molecule has 1 aliphatic rings. The summed E-state index contributed by atoms with van der Waals surface area (Å²) in [5.74, 6) is 0.466. The number of benzene rings is 1. The van der Waals surface area contributed by atoms with Gasteiger partial charge in [0.05, 0.1) is 19.3 Å². The molecule has 24 heavy (non-hydrogen) atoms. The van der Waals surface area contributed by atoms with Gasteiger partial charge in [0.1, 0.15) is 5.75 Å². The second-order valence-electron chi connectivity index (χ2n) is 6.09. The number of aryl methyl sites for hydroxylation is 2. The van der Waals surface area contributed by atoms with E-state index in [0.29, 0.717) is 31.0 Å². The van der Waals surface area contributed by atoms with Crippen LogP contribution in [-0.4, -0.2) is 49.7 Å². The van der Waals surface area contributed by atoms with Gasteiger partial charge in [0.25, 0.3) is 5.91 Å². The molecular weight excluding hydrogens is 308 g/mol. The molecule has 6 nitrogen and oxygen atoms in total. The fourth-order valence-electron chi connectivity index (χ4n) is 3.06. The number of carbonyl (C=O) groups excluding carboxylic acids is 2. The van der Waals surface area contributed by atoms with Gasteiger partial charge in [-0.3, -0.25) is 4.79 Å². The maximum atomic E-state index is 12.6. The van der Waals surface area contributed by atoms with Crippen LogP contribution in [0.2, 0.25) is 0 Å². The molecule has 0 bridgehead atoms. The maximum Gasteiger partial charge on any atom is 0.409 e. The standard InChI is InChI=1S/C18H26N2O4/c1-5-24-18(22)20-8-6-14(7-9-20)19-17(21)16-13(3)10-12(2)11-15(16)23-4/h10-11,14H,5-9H2,1-4H3,(H,19,21). The molecule has 1 aromatic rings. The second kappa shape index (κ2) is 8.04. The molecule has 1 N–H and O–H groups in total. The summed E-state index contributed by atoms with van der Waals surface area (Å²) in [6, 6.07) is 3.89. The molecule has 1 saturated heterocycles. The van der Waals surface area contributed by atoms with E-state index in [1.807, 2.05) is 26.0 Å². The SMILES string of the molecule is CCOC(=O)N1CCC(NC(=O)c2c(C)cc(C)cc2OC)CC1. The molecule has 1 heterocycles. The topological polar surface area (TPSA) is 67.9 Å². The Morgan fingerprint density at radius 3 is 2.50 bits per heavy atom. The first-order valence-electron chi connectivity index (χ1n) is 8.34. The Morgan fingerprint density at radius 2 is 1.92 bits per heavy atom. The van der Waals surface area contributed by atoms with Gasteiger partial charge in [-0.25, -0.2) is 4.79 Å². The average Bonchev–Trinajstić information content (AvgIpc) is 2.54. The van der Waals surface area contributed by atoms with Gasteiger partial charge in [0.15, 0.2) is 0 Å². The van der Waals surface area contributed by atoms with E-state index in [1.165, 1.54) is 0 Å². The number of carbonyl (C=O) groups is 2. The molecule has 0 radical (unpaired) electrons. The van der Waals surface area contributed by atoms with Gasteiger partial charge < -0.3 is 19.7 Å². The highest BCUT2D eigenvalue weighted by atomic mass is 16.6. The lowest BCUT2D eigenvalue weighted by Crippen LogP contribution is -2.46. The van der Waals surface area contributed by atoms with Crippen molar-refractivity contribution >= 4 is 12.0 Å². The molecule has 0 unspecified atom stereocenters. The third-order valence-corrected chi connectivity index (χ3v) is 4.25. The minimum absolute atomic E-state index is 0.0496. The lowest BCUT2D eigenvalue weighted by Gasteiger charge is -2.31. The highest BCUT2D eigenvalue weighted by Crippen LogP contribution is 2.24. The van der Waals surface area contributed by atoms with Crippen molar-refractivity contribution in [3.05, 3.63) is 28.8 Å². The minimum Gasteiger partial charge on any atom is -0.496 e. The molecule has 132 valence electrons. The van der Waals surface area contributed by atoms with Crippen LogP contribution >= 0.6 is 0 Å². The molecular formula is C18H26N2O4. The molecule has 2 rings (SSSR count). The molecule has 0 aliphatic carbocycles. The Bertz CT molecular complexity index is 607. The third kappa shape index (κ3) is 4.19. The Labute approximate surface area is 143 Å². The second-order valence-corrected chi connectivity index (χ2v) is 6.09. The summed E-state index contributed by atoms with van der Waals surface area (Å²) in [5.41, 5.74) is 2.54. The molecule has 1 aromatic carbocycles. The van der Waals surface area contributed by atoms with Crippen molar-refractivity contribution in [2.45, 2.75) is 39.7 Å². The number of amides is 2. The molecule has 0 atom stereocenters. The van der Waals surface area contributed by atoms with Gasteiger partial charge >= 0.3 is 6.09 Å². The van der Waals surface area contributed by atoms with Crippen LogP contribution in [0.1, 0.15) is 41.3 Å². The minimum atomic E-state index is -0.279. The van der Waals surface area contributed by atoms with E-state index in [2.05, 4.69) is 5.32 Å². The van der Waals surface area contributed by atoms with E-state index in [-0.39, 0.29) is 18.0 Å². The smallest absolute Gasteiger partial charge is 0.409 e. The highest BCUT2D eigenvalue weighted by Gasteiger charge is 2.26. The van der Waals surface area contributed by atoms with Gasteiger partial charge in [-0.2, -0.15) is 0 Å². The van der Waals surface area contributed by atoms with Crippen LogP contribution in [0.25, 0.3) is 0 Å². The van der Waals surface area contributed by atoms with E-state index in [1.54, 1.807) is 18.9 Å². The van der Waals surface area contributed by atoms with Crippen molar-refractivity contribution in [3.8, 4) is 5.75 Å². The summed E-state index contributed by atoms with van der Waals surface area (Å²) in [6.45, 7) is 7.24. The first kappa shape index (κ1) is 18.1. The van der Waals surface area contributed by atoms with E-state index in [9.17, 15) is 9.59 Å². The fraction of sp³-hybridized carbons (Fsp3) is 0.556. The monoisotopic (exact) mass is 334 g/mol. The highest BCUT2D eigenvalue weighted by molar-refractivity contribution is 5.98. The van der Waals surface area contributed by atoms with Gasteiger partial charge in [-0.1, -0.05) is 6.07 Å². The lowest BCUT2D eigenvalue weighted by atomic mass is 10.0. The molecule has 2 amide bonds. The first-order valence-corrected chi connectivity index (χ1v) is 8.34. The van der Waals surface area contributed by atoms with Gasteiger partial charge in [-0.05, 0) is 50.8 Å². The Hall–Kier alpha value is -2.24. The number of nitrogens with one attached hydrogen (secondary N) is 1. The summed E-state index contributed by atoms with van der Waals surface area (Å²) < 4.78 is 10.4. The van der Waals surface area contributed by atoms with Crippen LogP contribution in [0.4, 0.5) is 4.79 Å². The molecule has 0 aromatic heterocycles. The molecule has 0 spiro atoms. The number of nitrogens with zero attached hydrogens (tertiary/aromatic N) is 1. The number of piperidine rings is 1. The van der Waals surface area contributed by atoms with E-state index in [0.717, 1.165) is 24.0 Å². The Morgan fingerprint density at radius 1 is 1.25 bits per heavy atom. The van der Waals surface area contributed by atoms with Crippen molar-refractivity contribution in [2.24, 2.45) is 0 Å². The average molecular weight is 334 g/mol. The number of rotatable bonds is 4. The van der Waals surface area contributed by atoms with Gasteiger partial charge in [0, 0.05) is 19.1 Å². The summed E-state index contributed by atoms with van der Waals surface area (Å²) in [5, 5.41) is 3.06. The van der Waals surface area contributed by atoms with Crippen molar-refractivity contribution in [1.29, 1.82) is 0 Å². The van der Waals surface area contributed by atoms with E-state index >= 15 is 0 Å². The van der Waals surface area contributed by atoms with Crippen molar-refractivity contribution < 1.29 is 19.1 Å². The van der Waals surface area contributed by atoms with Crippen LogP contribution in [0.5, 0.6) is 5.75 Å². The third-order valence-electron chi connectivity index (χ3n) is 4.25. The van der Waals surface area contributed by atoms with Crippen molar-refractivity contribution in [3.63, 3.8) is 0 Å². The van der Waals surface area contributed by atoms with Crippen LogP contribution in [0.3, 0.4) is 0 Å². The normalized spacial score (nSPS) is 15.1. The van der Waals surface area contributed by atoms with Crippen molar-refractivity contribution in [2.75, 3.05) is 26.8 Å². The Balaban J connectivity index is 1.98. The number of methoxy groups -OCH3 is 1. The van der Waals surface area contributed by atoms with Crippen molar-refractivity contribution in [1.82, 2.24) is 10.2 Å². The van der Waals surface area contributed by atoms with E-state index < -0.39 is 0 Å². The maximum absolute atomic E-state index is 12.6. The zero-order chi connectivity index (χ0) is 17.7. The summed E-state index contributed by atoms with van der Waals surface area (Å²) >= 11 is 0. The van der Waals surface area contributed by atoms with Crippen LogP contribution in [-0.2, 0) is 4.74 Å². The predicted molar refractivity (Wildman–Crippen MR) is 91.6 cm³/mol. The summed E-state index contributed by atoms with van der Waals surface area (Å²) in [4.78, 5) is 26.0. The zero-order valence-electron chi connectivity index (χ0n) is 14.8. The Kier molecular flexibility index (Phi) is 6.06. The van der Waals surface area contributed by atoms with Crippen LogP contribution < -0.4 is 10.1 Å². The summed E-state index contributed by atoms with van der Waals surface area (Å²) in [7, 11) is 1.57. The van der Waals surface area contributed by atoms with Crippen LogP contribution in [0.15, 0.2) is 12.1 Å². The molecule has 6 heteroatoms. The predicted octanol–water partition coefficient (Wildman–Crippen LogP) is 2.66. The fourth-order valence-corrected chi connectivity index (χ4v) is 3.06. The quantitative estimate of drug-likeness (QED) is 0.919. The van der Waals surface area contributed by atoms with E-state index in [4.69, 9.17) is 9.47 Å². The number of hydrogen-bond donors (Lipinski definition) is 1. The number of hydrogen-bond acceptors (Lipinski definition) is 4. The largest absolute Gasteiger partial charge is 0.496 e. The van der Waals surface area contributed by atoms with Gasteiger partial charge in [0.2, 0.25) is 0 Å². The molecule has 1 aliphatic heterocycles. The molecule has 0 saturated carbocycles. The lowest BCUT2D eigenvalue weighted by molar-refractivity contribution is 0.0858. The first-order chi connectivity index (χ1) is 11.5. The van der Waals surface area contributed by atoms with Crippen LogP contribution in [0, 0.1) is 13.8 Å².